The van der Waals surface area contributed by atoms with Crippen molar-refractivity contribution in [2.24, 2.45) is 18.7 Å². The Morgan fingerprint density at radius 3 is 3.06 bits per heavy atom. The zero-order valence-electron chi connectivity index (χ0n) is 9.35. The second-order valence-electron chi connectivity index (χ2n) is 4.21. The van der Waals surface area contributed by atoms with Gasteiger partial charge in [0, 0.05) is 32.0 Å². The third kappa shape index (κ3) is 2.43. The van der Waals surface area contributed by atoms with Crippen LogP contribution >= 0.6 is 0 Å². The van der Waals surface area contributed by atoms with Crippen LogP contribution in [0.3, 0.4) is 0 Å². The third-order valence-electron chi connectivity index (χ3n) is 2.82. The van der Waals surface area contributed by atoms with Crippen molar-refractivity contribution in [3.63, 3.8) is 0 Å². The number of hydrogen-bond acceptors (Lipinski definition) is 3. The Labute approximate surface area is 94.6 Å². The number of aryl methyl sites for hydroxylation is 1. The summed E-state index contributed by atoms with van der Waals surface area (Å²) in [6, 6.07) is 1.81. The van der Waals surface area contributed by atoms with Crippen molar-refractivity contribution < 1.29 is 9.53 Å². The number of nitrogens with two attached hydrogens (primary N) is 1. The Kier molecular flexibility index (Phi) is 3.26. The fourth-order valence-corrected chi connectivity index (χ4v) is 1.83. The molecule has 0 spiro atoms. The summed E-state index contributed by atoms with van der Waals surface area (Å²) in [4.78, 5) is 11.8. The molecule has 1 aliphatic rings. The molecule has 88 valence electrons. The SMILES string of the molecule is Cn1ccc(CNC(=O)C2COCC2N)c1. The lowest BCUT2D eigenvalue weighted by Crippen LogP contribution is -2.40. The highest BCUT2D eigenvalue weighted by Gasteiger charge is 2.30. The monoisotopic (exact) mass is 223 g/mol. The lowest BCUT2D eigenvalue weighted by Gasteiger charge is -2.12. The molecule has 5 nitrogen and oxygen atoms in total. The molecule has 0 bridgehead atoms. The lowest BCUT2D eigenvalue weighted by molar-refractivity contribution is -0.125. The second kappa shape index (κ2) is 4.67. The number of rotatable bonds is 3. The molecule has 1 aromatic heterocycles. The van der Waals surface area contributed by atoms with E-state index in [4.69, 9.17) is 10.5 Å². The predicted molar refractivity (Wildman–Crippen MR) is 59.5 cm³/mol. The van der Waals surface area contributed by atoms with Gasteiger partial charge in [0.2, 0.25) is 5.91 Å². The normalized spacial score (nSPS) is 24.6. The molecule has 1 fully saturated rings. The summed E-state index contributed by atoms with van der Waals surface area (Å²) >= 11 is 0. The molecule has 16 heavy (non-hydrogen) atoms. The van der Waals surface area contributed by atoms with Crippen LogP contribution in [0.2, 0.25) is 0 Å². The smallest absolute Gasteiger partial charge is 0.227 e. The Bertz CT molecular complexity index is 375. The van der Waals surface area contributed by atoms with Crippen LogP contribution < -0.4 is 11.1 Å². The molecule has 2 heterocycles. The zero-order chi connectivity index (χ0) is 11.5. The molecule has 1 saturated heterocycles. The van der Waals surface area contributed by atoms with Crippen LogP contribution in [0, 0.1) is 5.92 Å². The van der Waals surface area contributed by atoms with E-state index in [0.29, 0.717) is 19.8 Å². The fourth-order valence-electron chi connectivity index (χ4n) is 1.83. The van der Waals surface area contributed by atoms with Crippen LogP contribution in [-0.4, -0.2) is 29.7 Å². The molecule has 5 heteroatoms. The fraction of sp³-hybridized carbons (Fsp3) is 0.545. The third-order valence-corrected chi connectivity index (χ3v) is 2.82. The van der Waals surface area contributed by atoms with Gasteiger partial charge in [0.15, 0.2) is 0 Å². The van der Waals surface area contributed by atoms with Gasteiger partial charge in [0.05, 0.1) is 19.1 Å². The van der Waals surface area contributed by atoms with E-state index in [9.17, 15) is 4.79 Å². The summed E-state index contributed by atoms with van der Waals surface area (Å²) in [5, 5.41) is 2.87. The number of ether oxygens (including phenoxy) is 1. The van der Waals surface area contributed by atoms with Gasteiger partial charge in [-0.15, -0.1) is 0 Å². The first-order valence-corrected chi connectivity index (χ1v) is 5.38. The van der Waals surface area contributed by atoms with Crippen molar-refractivity contribution in [3.05, 3.63) is 24.0 Å². The molecule has 1 aliphatic heterocycles. The van der Waals surface area contributed by atoms with E-state index >= 15 is 0 Å². The molecule has 0 aliphatic carbocycles. The van der Waals surface area contributed by atoms with E-state index in [0.717, 1.165) is 5.56 Å². The number of aromatic nitrogens is 1. The van der Waals surface area contributed by atoms with Gasteiger partial charge in [-0.3, -0.25) is 4.79 Å². The quantitative estimate of drug-likeness (QED) is 0.733. The molecule has 1 amide bonds. The van der Waals surface area contributed by atoms with Crippen LogP contribution in [0.1, 0.15) is 5.56 Å². The van der Waals surface area contributed by atoms with Gasteiger partial charge in [0.1, 0.15) is 0 Å². The minimum absolute atomic E-state index is 0.0196. The Balaban J connectivity index is 1.83. The van der Waals surface area contributed by atoms with Crippen molar-refractivity contribution in [1.82, 2.24) is 9.88 Å². The molecule has 2 atom stereocenters. The van der Waals surface area contributed by atoms with Gasteiger partial charge in [0.25, 0.3) is 0 Å². The van der Waals surface area contributed by atoms with E-state index in [1.807, 2.05) is 30.1 Å². The maximum Gasteiger partial charge on any atom is 0.227 e. The highest BCUT2D eigenvalue weighted by atomic mass is 16.5. The van der Waals surface area contributed by atoms with Gasteiger partial charge >= 0.3 is 0 Å². The van der Waals surface area contributed by atoms with Crippen LogP contribution in [0.5, 0.6) is 0 Å². The number of nitrogens with zero attached hydrogens (tertiary/aromatic N) is 1. The summed E-state index contributed by atoms with van der Waals surface area (Å²) in [5.74, 6) is -0.224. The summed E-state index contributed by atoms with van der Waals surface area (Å²) in [6.07, 6.45) is 3.93. The number of amides is 1. The average molecular weight is 223 g/mol. The van der Waals surface area contributed by atoms with Crippen LogP contribution in [0.4, 0.5) is 0 Å². The molecule has 0 saturated carbocycles. The number of hydrogen-bond donors (Lipinski definition) is 2. The van der Waals surface area contributed by atoms with Crippen LogP contribution in [0.25, 0.3) is 0 Å². The average Bonchev–Trinajstić information content (AvgIpc) is 2.84. The van der Waals surface area contributed by atoms with E-state index in [-0.39, 0.29) is 17.9 Å². The minimum atomic E-state index is -0.205. The topological polar surface area (TPSA) is 69.3 Å². The van der Waals surface area contributed by atoms with Crippen molar-refractivity contribution in [3.8, 4) is 0 Å². The van der Waals surface area contributed by atoms with Gasteiger partial charge in [-0.05, 0) is 11.6 Å². The summed E-state index contributed by atoms with van der Waals surface area (Å²) in [6.45, 7) is 1.45. The van der Waals surface area contributed by atoms with Crippen molar-refractivity contribution in [2.45, 2.75) is 12.6 Å². The summed E-state index contributed by atoms with van der Waals surface area (Å²) in [5.41, 5.74) is 6.85. The van der Waals surface area contributed by atoms with Crippen molar-refractivity contribution in [1.29, 1.82) is 0 Å². The van der Waals surface area contributed by atoms with Crippen molar-refractivity contribution in [2.75, 3.05) is 13.2 Å². The highest BCUT2D eigenvalue weighted by Crippen LogP contribution is 2.11. The number of carbonyl (C=O) groups is 1. The maximum absolute atomic E-state index is 11.8. The number of carbonyl (C=O) groups excluding carboxylic acids is 1. The first-order valence-electron chi connectivity index (χ1n) is 5.38. The minimum Gasteiger partial charge on any atom is -0.379 e. The van der Waals surface area contributed by atoms with E-state index in [1.54, 1.807) is 0 Å². The molecule has 2 unspecified atom stereocenters. The van der Waals surface area contributed by atoms with E-state index in [2.05, 4.69) is 5.32 Å². The summed E-state index contributed by atoms with van der Waals surface area (Å²) in [7, 11) is 1.95. The molecule has 2 rings (SSSR count). The second-order valence-corrected chi connectivity index (χ2v) is 4.21. The molecular formula is C11H17N3O2. The molecular weight excluding hydrogens is 206 g/mol. The Morgan fingerprint density at radius 1 is 1.69 bits per heavy atom. The first kappa shape index (κ1) is 11.2. The van der Waals surface area contributed by atoms with E-state index in [1.165, 1.54) is 0 Å². The van der Waals surface area contributed by atoms with E-state index < -0.39 is 0 Å². The van der Waals surface area contributed by atoms with Crippen LogP contribution in [0.15, 0.2) is 18.5 Å². The summed E-state index contributed by atoms with van der Waals surface area (Å²) < 4.78 is 7.11. The van der Waals surface area contributed by atoms with Crippen molar-refractivity contribution >= 4 is 5.91 Å². The number of nitrogens with one attached hydrogen (secondary N) is 1. The first-order chi connectivity index (χ1) is 7.66. The van der Waals surface area contributed by atoms with Gasteiger partial charge in [-0.2, -0.15) is 0 Å². The molecule has 0 radical (unpaired) electrons. The molecule has 0 aromatic carbocycles. The molecule has 1 aromatic rings. The Hall–Kier alpha value is -1.33. The molecule has 3 N–H and O–H groups in total. The largest absolute Gasteiger partial charge is 0.379 e. The highest BCUT2D eigenvalue weighted by molar-refractivity contribution is 5.79. The standard InChI is InChI=1S/C11H17N3O2/c1-14-3-2-8(5-14)4-13-11(15)9-6-16-7-10(9)12/h2-3,5,9-10H,4,6-7,12H2,1H3,(H,13,15). The lowest BCUT2D eigenvalue weighted by atomic mass is 10.0. The Morgan fingerprint density at radius 2 is 2.50 bits per heavy atom. The zero-order valence-corrected chi connectivity index (χ0v) is 9.35. The predicted octanol–water partition coefficient (Wildman–Crippen LogP) is -0.385. The van der Waals surface area contributed by atoms with Gasteiger partial charge in [-0.25, -0.2) is 0 Å². The van der Waals surface area contributed by atoms with Gasteiger partial charge in [-0.1, -0.05) is 0 Å². The van der Waals surface area contributed by atoms with Gasteiger partial charge < -0.3 is 20.4 Å². The maximum atomic E-state index is 11.8. The van der Waals surface area contributed by atoms with Crippen LogP contribution in [-0.2, 0) is 23.1 Å².